The molecule has 17 heavy (non-hydrogen) atoms. The van der Waals surface area contributed by atoms with E-state index in [0.717, 1.165) is 18.4 Å². The summed E-state index contributed by atoms with van der Waals surface area (Å²) in [5.41, 5.74) is 1.10. The van der Waals surface area contributed by atoms with Crippen LogP contribution in [0.15, 0.2) is 24.3 Å². The lowest BCUT2D eigenvalue weighted by atomic mass is 9.82. The van der Waals surface area contributed by atoms with E-state index in [2.05, 4.69) is 24.3 Å². The number of aromatic nitrogens is 1. The van der Waals surface area contributed by atoms with Gasteiger partial charge in [-0.15, -0.1) is 11.3 Å². The van der Waals surface area contributed by atoms with E-state index in [1.165, 1.54) is 22.5 Å². The zero-order chi connectivity index (χ0) is 11.7. The van der Waals surface area contributed by atoms with Crippen LogP contribution in [0.3, 0.4) is 0 Å². The minimum absolute atomic E-state index is 0.237. The first-order valence-electron chi connectivity index (χ1n) is 6.12. The van der Waals surface area contributed by atoms with Crippen LogP contribution >= 0.6 is 11.3 Å². The molecule has 2 aromatic rings. The van der Waals surface area contributed by atoms with E-state index in [-0.39, 0.29) is 5.92 Å². The Labute approximate surface area is 105 Å². The highest BCUT2D eigenvalue weighted by molar-refractivity contribution is 7.18. The Bertz CT molecular complexity index is 534. The lowest BCUT2D eigenvalue weighted by Crippen LogP contribution is -2.12. The summed E-state index contributed by atoms with van der Waals surface area (Å²) >= 11 is 1.80. The Morgan fingerprint density at radius 1 is 1.29 bits per heavy atom. The zero-order valence-electron chi connectivity index (χ0n) is 9.60. The molecule has 0 N–H and O–H groups in total. The molecule has 1 heterocycles. The first-order chi connectivity index (χ1) is 8.36. The molecule has 2 atom stereocenters. The van der Waals surface area contributed by atoms with E-state index in [9.17, 15) is 0 Å². The molecular weight excluding hydrogens is 228 g/mol. The molecule has 2 nitrogen and oxygen atoms in total. The van der Waals surface area contributed by atoms with Crippen LogP contribution in [0.1, 0.15) is 36.6 Å². The average Bonchev–Trinajstić information content (AvgIpc) is 2.82. The maximum Gasteiger partial charge on any atom is 0.0969 e. The number of fused-ring (bicyclic) bond motifs is 1. The summed E-state index contributed by atoms with van der Waals surface area (Å²) < 4.78 is 1.27. The lowest BCUT2D eigenvalue weighted by Gasteiger charge is -2.23. The molecule has 1 aromatic heterocycles. The van der Waals surface area contributed by atoms with Gasteiger partial charge in [0.1, 0.15) is 0 Å². The molecule has 0 bridgehead atoms. The van der Waals surface area contributed by atoms with Gasteiger partial charge in [-0.1, -0.05) is 18.6 Å². The van der Waals surface area contributed by atoms with Crippen molar-refractivity contribution in [2.24, 2.45) is 5.92 Å². The van der Waals surface area contributed by atoms with Gasteiger partial charge in [0, 0.05) is 11.8 Å². The van der Waals surface area contributed by atoms with E-state index in [0.29, 0.717) is 5.92 Å². The van der Waals surface area contributed by atoms with Crippen molar-refractivity contribution < 1.29 is 0 Å². The average molecular weight is 242 g/mol. The van der Waals surface area contributed by atoms with Crippen LogP contribution in [0.5, 0.6) is 0 Å². The highest BCUT2D eigenvalue weighted by Gasteiger charge is 2.25. The summed E-state index contributed by atoms with van der Waals surface area (Å²) in [7, 11) is 0. The summed E-state index contributed by atoms with van der Waals surface area (Å²) in [5, 5.41) is 10.3. The molecule has 0 amide bonds. The minimum atomic E-state index is 0.237. The van der Waals surface area contributed by atoms with Gasteiger partial charge in [-0.05, 0) is 31.4 Å². The predicted molar refractivity (Wildman–Crippen MR) is 69.9 cm³/mol. The monoisotopic (exact) mass is 242 g/mol. The van der Waals surface area contributed by atoms with Crippen LogP contribution in [0.2, 0.25) is 0 Å². The Morgan fingerprint density at radius 2 is 2.18 bits per heavy atom. The topological polar surface area (TPSA) is 36.7 Å². The molecular formula is C14H14N2S. The zero-order valence-corrected chi connectivity index (χ0v) is 10.4. The number of nitrogens with zero attached hydrogens (tertiary/aromatic N) is 2. The van der Waals surface area contributed by atoms with Crippen molar-refractivity contribution in [3.8, 4) is 6.07 Å². The molecule has 1 aromatic carbocycles. The molecule has 0 aliphatic heterocycles. The first kappa shape index (κ1) is 10.7. The molecule has 0 saturated heterocycles. The summed E-state index contributed by atoms with van der Waals surface area (Å²) in [4.78, 5) is 4.71. The number of nitriles is 1. The molecule has 1 aliphatic rings. The van der Waals surface area contributed by atoms with Gasteiger partial charge in [0.25, 0.3) is 0 Å². The number of thiazole rings is 1. The van der Waals surface area contributed by atoms with Crippen LogP contribution in [0.25, 0.3) is 10.2 Å². The Kier molecular flexibility index (Phi) is 2.82. The SMILES string of the molecule is N#CC1CCCC(c2nc3ccccc3s2)C1. The predicted octanol–water partition coefficient (Wildman–Crippen LogP) is 4.09. The highest BCUT2D eigenvalue weighted by Crippen LogP contribution is 2.38. The molecule has 2 unspecified atom stereocenters. The van der Waals surface area contributed by atoms with Crippen molar-refractivity contribution in [3.63, 3.8) is 0 Å². The van der Waals surface area contributed by atoms with Crippen molar-refractivity contribution in [1.29, 1.82) is 5.26 Å². The second kappa shape index (κ2) is 4.46. The van der Waals surface area contributed by atoms with Gasteiger partial charge in [0.15, 0.2) is 0 Å². The van der Waals surface area contributed by atoms with Crippen molar-refractivity contribution in [2.45, 2.75) is 31.6 Å². The molecule has 3 heteroatoms. The van der Waals surface area contributed by atoms with Gasteiger partial charge < -0.3 is 0 Å². The summed E-state index contributed by atoms with van der Waals surface area (Å²) in [6.45, 7) is 0. The van der Waals surface area contributed by atoms with Gasteiger partial charge in [0.2, 0.25) is 0 Å². The summed E-state index contributed by atoms with van der Waals surface area (Å²) in [6.07, 6.45) is 4.42. The van der Waals surface area contributed by atoms with E-state index in [4.69, 9.17) is 10.2 Å². The third-order valence-electron chi connectivity index (χ3n) is 3.52. The van der Waals surface area contributed by atoms with Crippen LogP contribution in [0.4, 0.5) is 0 Å². The van der Waals surface area contributed by atoms with Crippen LogP contribution < -0.4 is 0 Å². The number of para-hydroxylation sites is 1. The minimum Gasteiger partial charge on any atom is -0.241 e. The Morgan fingerprint density at radius 3 is 3.00 bits per heavy atom. The van der Waals surface area contributed by atoms with E-state index in [1.807, 2.05) is 6.07 Å². The fourth-order valence-corrected chi connectivity index (χ4v) is 3.71. The standard InChI is InChI=1S/C14H14N2S/c15-9-10-4-3-5-11(8-10)14-16-12-6-1-2-7-13(12)17-14/h1-2,6-7,10-11H,3-5,8H2. The van der Waals surface area contributed by atoms with E-state index < -0.39 is 0 Å². The second-order valence-corrected chi connectivity index (χ2v) is 5.77. The lowest BCUT2D eigenvalue weighted by molar-refractivity contribution is 0.379. The third kappa shape index (κ3) is 2.05. The number of benzene rings is 1. The molecule has 1 aliphatic carbocycles. The number of hydrogen-bond donors (Lipinski definition) is 0. The number of hydrogen-bond acceptors (Lipinski definition) is 3. The Hall–Kier alpha value is -1.40. The van der Waals surface area contributed by atoms with E-state index >= 15 is 0 Å². The smallest absolute Gasteiger partial charge is 0.0969 e. The normalized spacial score (nSPS) is 24.6. The quantitative estimate of drug-likeness (QED) is 0.755. The fourth-order valence-electron chi connectivity index (χ4n) is 2.60. The second-order valence-electron chi connectivity index (χ2n) is 4.71. The van der Waals surface area contributed by atoms with Gasteiger partial charge in [0.05, 0.1) is 21.3 Å². The van der Waals surface area contributed by atoms with Crippen molar-refractivity contribution in [1.82, 2.24) is 4.98 Å². The highest BCUT2D eigenvalue weighted by atomic mass is 32.1. The molecule has 3 rings (SSSR count). The largest absolute Gasteiger partial charge is 0.241 e. The van der Waals surface area contributed by atoms with Gasteiger partial charge in [-0.25, -0.2) is 4.98 Å². The fraction of sp³-hybridized carbons (Fsp3) is 0.429. The summed E-state index contributed by atoms with van der Waals surface area (Å²) in [6, 6.07) is 10.7. The Balaban J connectivity index is 1.90. The van der Waals surface area contributed by atoms with Crippen molar-refractivity contribution in [2.75, 3.05) is 0 Å². The summed E-state index contributed by atoms with van der Waals surface area (Å²) in [5.74, 6) is 0.742. The van der Waals surface area contributed by atoms with Crippen molar-refractivity contribution in [3.05, 3.63) is 29.3 Å². The maximum atomic E-state index is 9.03. The molecule has 1 fully saturated rings. The molecule has 0 spiro atoms. The molecule has 1 saturated carbocycles. The van der Waals surface area contributed by atoms with Gasteiger partial charge in [-0.3, -0.25) is 0 Å². The van der Waals surface area contributed by atoms with Crippen LogP contribution in [-0.2, 0) is 0 Å². The molecule has 86 valence electrons. The van der Waals surface area contributed by atoms with Crippen molar-refractivity contribution >= 4 is 21.6 Å². The molecule has 0 radical (unpaired) electrons. The van der Waals surface area contributed by atoms with Crippen LogP contribution in [-0.4, -0.2) is 4.98 Å². The third-order valence-corrected chi connectivity index (χ3v) is 4.72. The van der Waals surface area contributed by atoms with E-state index in [1.54, 1.807) is 11.3 Å². The number of rotatable bonds is 1. The van der Waals surface area contributed by atoms with Gasteiger partial charge in [-0.2, -0.15) is 5.26 Å². The first-order valence-corrected chi connectivity index (χ1v) is 6.93. The van der Waals surface area contributed by atoms with Crippen LogP contribution in [0, 0.1) is 17.2 Å². The maximum absolute atomic E-state index is 9.03. The van der Waals surface area contributed by atoms with Gasteiger partial charge >= 0.3 is 0 Å².